The van der Waals surface area contributed by atoms with Gasteiger partial charge >= 0.3 is 0 Å². The molecule has 0 unspecified atom stereocenters. The van der Waals surface area contributed by atoms with Gasteiger partial charge < -0.3 is 4.90 Å². The zero-order valence-corrected chi connectivity index (χ0v) is 14.9. The van der Waals surface area contributed by atoms with Crippen molar-refractivity contribution in [2.45, 2.75) is 18.2 Å². The number of nitrogens with one attached hydrogen (secondary N) is 1. The number of rotatable bonds is 6. The zero-order chi connectivity index (χ0) is 19.5. The lowest BCUT2D eigenvalue weighted by Gasteiger charge is -2.18. The van der Waals surface area contributed by atoms with Crippen LogP contribution in [0.3, 0.4) is 0 Å². The van der Waals surface area contributed by atoms with E-state index in [9.17, 15) is 26.4 Å². The molecule has 0 aromatic heterocycles. The van der Waals surface area contributed by atoms with Gasteiger partial charge in [0.2, 0.25) is 10.0 Å². The first-order valence-corrected chi connectivity index (χ1v) is 9.18. The predicted molar refractivity (Wildman–Crippen MR) is 91.0 cm³/mol. The number of anilines is 1. The first-order chi connectivity index (χ1) is 12.2. The molecule has 0 bridgehead atoms. The summed E-state index contributed by atoms with van der Waals surface area (Å²) in [7, 11) is -2.65. The van der Waals surface area contributed by atoms with Gasteiger partial charge in [-0.05, 0) is 36.8 Å². The predicted octanol–water partition coefficient (Wildman–Crippen LogP) is 3.07. The normalized spacial score (nSPS) is 11.4. The highest BCUT2D eigenvalue weighted by Gasteiger charge is 2.22. The van der Waals surface area contributed by atoms with Crippen LogP contribution in [-0.4, -0.2) is 27.9 Å². The topological polar surface area (TPSA) is 66.5 Å². The van der Waals surface area contributed by atoms with Crippen LogP contribution in [-0.2, 0) is 10.0 Å². The molecule has 0 aliphatic carbocycles. The van der Waals surface area contributed by atoms with Crippen molar-refractivity contribution in [1.82, 2.24) is 4.72 Å². The highest BCUT2D eigenvalue weighted by molar-refractivity contribution is 7.89. The lowest BCUT2D eigenvalue weighted by molar-refractivity contribution is 0.0989. The summed E-state index contributed by atoms with van der Waals surface area (Å²) in [5.74, 6) is -4.08. The Bertz CT molecular complexity index is 933. The molecule has 9 heteroatoms. The minimum Gasteiger partial charge on any atom is -0.311 e. The number of carbonyl (C=O) groups excluding carboxylic acids is 1. The molecule has 0 heterocycles. The van der Waals surface area contributed by atoms with E-state index in [2.05, 4.69) is 4.72 Å². The SMILES string of the molecule is CCCNS(=O)(=O)c1ccc(F)c(C(=O)N(C)c2ccc(F)c(F)c2)c1. The lowest BCUT2D eigenvalue weighted by atomic mass is 10.1. The van der Waals surface area contributed by atoms with Gasteiger partial charge in [0.25, 0.3) is 5.91 Å². The molecule has 0 aliphatic rings. The van der Waals surface area contributed by atoms with E-state index < -0.39 is 38.9 Å². The fourth-order valence-electron chi connectivity index (χ4n) is 2.15. The smallest absolute Gasteiger partial charge is 0.261 e. The van der Waals surface area contributed by atoms with Gasteiger partial charge in [0, 0.05) is 25.3 Å². The highest BCUT2D eigenvalue weighted by atomic mass is 32.2. The average molecular weight is 386 g/mol. The fraction of sp³-hybridized carbons (Fsp3) is 0.235. The Labute approximate surface area is 149 Å². The van der Waals surface area contributed by atoms with Crippen molar-refractivity contribution in [3.63, 3.8) is 0 Å². The molecular formula is C17H17F3N2O3S. The molecule has 0 fully saturated rings. The zero-order valence-electron chi connectivity index (χ0n) is 14.1. The Morgan fingerprint density at radius 2 is 1.69 bits per heavy atom. The minimum atomic E-state index is -3.89. The monoisotopic (exact) mass is 386 g/mol. The van der Waals surface area contributed by atoms with Gasteiger partial charge in [-0.3, -0.25) is 4.79 Å². The number of sulfonamides is 1. The quantitative estimate of drug-likeness (QED) is 0.830. The fourth-order valence-corrected chi connectivity index (χ4v) is 3.31. The number of halogens is 3. The van der Waals surface area contributed by atoms with Crippen LogP contribution in [0.15, 0.2) is 41.3 Å². The van der Waals surface area contributed by atoms with Gasteiger partial charge in [0.05, 0.1) is 10.5 Å². The molecule has 0 radical (unpaired) electrons. The number of amides is 1. The van der Waals surface area contributed by atoms with Crippen LogP contribution in [0.4, 0.5) is 18.9 Å². The van der Waals surface area contributed by atoms with E-state index in [-0.39, 0.29) is 17.1 Å². The third-order valence-electron chi connectivity index (χ3n) is 3.62. The standard InChI is InChI=1S/C17H17F3N2O3S/c1-3-8-21-26(24,25)12-5-7-14(18)13(10-12)17(23)22(2)11-4-6-15(19)16(20)9-11/h4-7,9-10,21H,3,8H2,1-2H3. The molecule has 1 N–H and O–H groups in total. The molecule has 0 atom stereocenters. The van der Waals surface area contributed by atoms with E-state index in [4.69, 9.17) is 0 Å². The Kier molecular flexibility index (Phi) is 6.04. The van der Waals surface area contributed by atoms with Crippen LogP contribution in [0.5, 0.6) is 0 Å². The average Bonchev–Trinajstić information content (AvgIpc) is 2.61. The summed E-state index contributed by atoms with van der Waals surface area (Å²) >= 11 is 0. The molecule has 140 valence electrons. The maximum Gasteiger partial charge on any atom is 0.261 e. The summed E-state index contributed by atoms with van der Waals surface area (Å²) in [6.45, 7) is 1.97. The Morgan fingerprint density at radius 1 is 1.04 bits per heavy atom. The summed E-state index contributed by atoms with van der Waals surface area (Å²) in [6, 6.07) is 5.59. The molecule has 0 saturated carbocycles. The van der Waals surface area contributed by atoms with Gasteiger partial charge in [-0.2, -0.15) is 0 Å². The van der Waals surface area contributed by atoms with E-state index in [0.717, 1.165) is 41.3 Å². The number of carbonyl (C=O) groups is 1. The Hall–Kier alpha value is -2.39. The van der Waals surface area contributed by atoms with Crippen LogP contribution in [0.25, 0.3) is 0 Å². The van der Waals surface area contributed by atoms with Crippen LogP contribution < -0.4 is 9.62 Å². The number of nitrogens with zero attached hydrogens (tertiary/aromatic N) is 1. The van der Waals surface area contributed by atoms with Crippen LogP contribution in [0.1, 0.15) is 23.7 Å². The summed E-state index contributed by atoms with van der Waals surface area (Å²) in [4.78, 5) is 13.1. The third-order valence-corrected chi connectivity index (χ3v) is 5.07. The third kappa shape index (κ3) is 4.23. The molecule has 0 saturated heterocycles. The van der Waals surface area contributed by atoms with E-state index in [0.29, 0.717) is 6.42 Å². The molecule has 2 rings (SSSR count). The van der Waals surface area contributed by atoms with Crippen molar-refractivity contribution >= 4 is 21.6 Å². The Balaban J connectivity index is 2.39. The molecule has 0 aliphatic heterocycles. The molecule has 1 amide bonds. The van der Waals surface area contributed by atoms with Gasteiger partial charge in [0.1, 0.15) is 5.82 Å². The van der Waals surface area contributed by atoms with Gasteiger partial charge in [0.15, 0.2) is 11.6 Å². The van der Waals surface area contributed by atoms with Gasteiger partial charge in [-0.25, -0.2) is 26.3 Å². The van der Waals surface area contributed by atoms with Crippen molar-refractivity contribution in [3.8, 4) is 0 Å². The van der Waals surface area contributed by atoms with Crippen molar-refractivity contribution in [2.75, 3.05) is 18.5 Å². The van der Waals surface area contributed by atoms with Crippen molar-refractivity contribution in [1.29, 1.82) is 0 Å². The largest absolute Gasteiger partial charge is 0.311 e. The second-order valence-corrected chi connectivity index (χ2v) is 7.27. The van der Waals surface area contributed by atoms with Gasteiger partial charge in [-0.15, -0.1) is 0 Å². The lowest BCUT2D eigenvalue weighted by Crippen LogP contribution is -2.28. The van der Waals surface area contributed by atoms with Crippen LogP contribution >= 0.6 is 0 Å². The number of hydrogen-bond acceptors (Lipinski definition) is 3. The van der Waals surface area contributed by atoms with Crippen molar-refractivity contribution < 1.29 is 26.4 Å². The molecule has 0 spiro atoms. The summed E-state index contributed by atoms with van der Waals surface area (Å²) < 4.78 is 67.1. The molecule has 2 aromatic carbocycles. The minimum absolute atomic E-state index is 0.00864. The first-order valence-electron chi connectivity index (χ1n) is 7.69. The number of hydrogen-bond donors (Lipinski definition) is 1. The maximum absolute atomic E-state index is 14.1. The Morgan fingerprint density at radius 3 is 2.31 bits per heavy atom. The van der Waals surface area contributed by atoms with Crippen LogP contribution in [0, 0.1) is 17.5 Å². The van der Waals surface area contributed by atoms with Gasteiger partial charge in [-0.1, -0.05) is 6.92 Å². The van der Waals surface area contributed by atoms with E-state index in [1.54, 1.807) is 6.92 Å². The van der Waals surface area contributed by atoms with Crippen molar-refractivity contribution in [3.05, 3.63) is 59.4 Å². The molecular weight excluding hydrogens is 369 g/mol. The molecule has 26 heavy (non-hydrogen) atoms. The van der Waals surface area contributed by atoms with E-state index >= 15 is 0 Å². The van der Waals surface area contributed by atoms with E-state index in [1.165, 1.54) is 7.05 Å². The highest BCUT2D eigenvalue weighted by Crippen LogP contribution is 2.22. The second kappa shape index (κ2) is 7.88. The second-order valence-electron chi connectivity index (χ2n) is 5.50. The molecule has 2 aromatic rings. The first kappa shape index (κ1) is 19.9. The summed E-state index contributed by atoms with van der Waals surface area (Å²) in [5.41, 5.74) is -0.512. The van der Waals surface area contributed by atoms with Crippen LogP contribution in [0.2, 0.25) is 0 Å². The number of benzene rings is 2. The maximum atomic E-state index is 14.1. The van der Waals surface area contributed by atoms with Crippen molar-refractivity contribution in [2.24, 2.45) is 0 Å². The molecule has 5 nitrogen and oxygen atoms in total. The summed E-state index contributed by atoms with van der Waals surface area (Å²) in [5, 5.41) is 0. The van der Waals surface area contributed by atoms with E-state index in [1.807, 2.05) is 0 Å². The summed E-state index contributed by atoms with van der Waals surface area (Å²) in [6.07, 6.45) is 0.561.